The maximum atomic E-state index is 6.07. The molecule has 0 unspecified atom stereocenters. The van der Waals surface area contributed by atoms with Gasteiger partial charge in [-0.15, -0.1) is 0 Å². The lowest BCUT2D eigenvalue weighted by atomic mass is 10.0. The lowest BCUT2D eigenvalue weighted by molar-refractivity contribution is 0.412. The summed E-state index contributed by atoms with van der Waals surface area (Å²) in [6, 6.07) is 11.9. The zero-order valence-corrected chi connectivity index (χ0v) is 13.9. The highest BCUT2D eigenvalue weighted by atomic mass is 79.9. The molecular formula is C16H12BrClN2O. The minimum absolute atomic E-state index is 0.238. The van der Waals surface area contributed by atoms with Gasteiger partial charge in [-0.1, -0.05) is 28.1 Å². The minimum atomic E-state index is 0.238. The van der Waals surface area contributed by atoms with Gasteiger partial charge in [0.1, 0.15) is 5.75 Å². The lowest BCUT2D eigenvalue weighted by Gasteiger charge is -2.10. The van der Waals surface area contributed by atoms with Crippen LogP contribution in [0.2, 0.25) is 5.28 Å². The van der Waals surface area contributed by atoms with Gasteiger partial charge in [-0.3, -0.25) is 0 Å². The summed E-state index contributed by atoms with van der Waals surface area (Å²) in [6.07, 6.45) is 0. The summed E-state index contributed by atoms with van der Waals surface area (Å²) in [5, 5.41) is 1.15. The molecule has 0 saturated carbocycles. The number of ether oxygens (including phenoxy) is 1. The van der Waals surface area contributed by atoms with Crippen LogP contribution in [0.15, 0.2) is 40.9 Å². The molecule has 3 nitrogen and oxygen atoms in total. The van der Waals surface area contributed by atoms with E-state index in [1.165, 1.54) is 0 Å². The highest BCUT2D eigenvalue weighted by Crippen LogP contribution is 2.32. The molecule has 21 heavy (non-hydrogen) atoms. The topological polar surface area (TPSA) is 35.0 Å². The fourth-order valence-electron chi connectivity index (χ4n) is 2.31. The van der Waals surface area contributed by atoms with Crippen molar-refractivity contribution in [1.29, 1.82) is 0 Å². The molecule has 0 bridgehead atoms. The first kappa shape index (κ1) is 14.3. The van der Waals surface area contributed by atoms with Crippen LogP contribution in [0, 0.1) is 6.92 Å². The number of nitrogens with zero attached hydrogens (tertiary/aromatic N) is 2. The second kappa shape index (κ2) is 5.62. The molecule has 0 atom stereocenters. The van der Waals surface area contributed by atoms with Crippen LogP contribution in [0.3, 0.4) is 0 Å². The van der Waals surface area contributed by atoms with E-state index >= 15 is 0 Å². The Kier molecular flexibility index (Phi) is 3.83. The fraction of sp³-hybridized carbons (Fsp3) is 0.125. The van der Waals surface area contributed by atoms with Crippen LogP contribution in [0.5, 0.6) is 5.75 Å². The first-order valence-corrected chi connectivity index (χ1v) is 7.53. The molecule has 0 aliphatic carbocycles. The number of methoxy groups -OCH3 is 1. The van der Waals surface area contributed by atoms with Gasteiger partial charge in [-0.05, 0) is 48.4 Å². The number of benzene rings is 2. The highest BCUT2D eigenvalue weighted by Gasteiger charge is 2.12. The van der Waals surface area contributed by atoms with Crippen LogP contribution in [0.4, 0.5) is 0 Å². The molecule has 0 fully saturated rings. The lowest BCUT2D eigenvalue weighted by Crippen LogP contribution is -1.94. The van der Waals surface area contributed by atoms with Crippen LogP contribution in [0.1, 0.15) is 5.56 Å². The van der Waals surface area contributed by atoms with E-state index < -0.39 is 0 Å². The summed E-state index contributed by atoms with van der Waals surface area (Å²) in [4.78, 5) is 8.70. The largest absolute Gasteiger partial charge is 0.496 e. The van der Waals surface area contributed by atoms with E-state index in [9.17, 15) is 0 Å². The zero-order valence-electron chi connectivity index (χ0n) is 11.5. The third kappa shape index (κ3) is 2.74. The van der Waals surface area contributed by atoms with Gasteiger partial charge in [0.2, 0.25) is 5.28 Å². The molecule has 2 aromatic carbocycles. The van der Waals surface area contributed by atoms with Gasteiger partial charge in [0.05, 0.1) is 18.3 Å². The molecule has 0 aliphatic rings. The van der Waals surface area contributed by atoms with Crippen LogP contribution in [0.25, 0.3) is 22.2 Å². The molecule has 3 aromatic rings. The normalized spacial score (nSPS) is 10.9. The Balaban J connectivity index is 2.35. The van der Waals surface area contributed by atoms with Crippen molar-refractivity contribution in [2.75, 3.05) is 7.11 Å². The molecule has 0 amide bonds. The zero-order chi connectivity index (χ0) is 15.0. The van der Waals surface area contributed by atoms with Crippen LogP contribution in [-0.2, 0) is 0 Å². The average Bonchev–Trinajstić information content (AvgIpc) is 2.45. The second-order valence-corrected chi connectivity index (χ2v) is 5.94. The highest BCUT2D eigenvalue weighted by molar-refractivity contribution is 9.10. The molecule has 0 aliphatic heterocycles. The molecule has 5 heteroatoms. The Labute approximate surface area is 136 Å². The second-order valence-electron chi connectivity index (χ2n) is 4.69. The third-order valence-electron chi connectivity index (χ3n) is 3.28. The summed E-state index contributed by atoms with van der Waals surface area (Å²) in [5.41, 5.74) is 3.59. The van der Waals surface area contributed by atoms with Crippen molar-refractivity contribution >= 4 is 38.4 Å². The Hall–Kier alpha value is -1.65. The predicted molar refractivity (Wildman–Crippen MR) is 89.0 cm³/mol. The van der Waals surface area contributed by atoms with Gasteiger partial charge in [0.15, 0.2) is 0 Å². The van der Waals surface area contributed by atoms with E-state index in [0.29, 0.717) is 0 Å². The van der Waals surface area contributed by atoms with Crippen molar-refractivity contribution < 1.29 is 4.74 Å². The molecule has 106 valence electrons. The molecule has 1 aromatic heterocycles. The number of halogens is 2. The van der Waals surface area contributed by atoms with Crippen molar-refractivity contribution in [3.8, 4) is 17.0 Å². The van der Waals surface area contributed by atoms with Gasteiger partial charge < -0.3 is 4.74 Å². The van der Waals surface area contributed by atoms with E-state index in [0.717, 1.165) is 37.9 Å². The summed E-state index contributed by atoms with van der Waals surface area (Å²) in [7, 11) is 1.66. The smallest absolute Gasteiger partial charge is 0.223 e. The molecule has 1 heterocycles. The standard InChI is InChI=1S/C16H12BrClN2O/c1-9-6-13-12(8-14(9)21-2)15(20-16(18)19-13)10-4-3-5-11(17)7-10/h3-8H,1-2H3. The Morgan fingerprint density at radius 1 is 1.14 bits per heavy atom. The van der Waals surface area contributed by atoms with Crippen LogP contribution < -0.4 is 4.74 Å². The maximum absolute atomic E-state index is 6.07. The van der Waals surface area contributed by atoms with Gasteiger partial charge in [0, 0.05) is 15.4 Å². The molecule has 0 N–H and O–H groups in total. The number of aryl methyl sites for hydroxylation is 1. The van der Waals surface area contributed by atoms with Crippen molar-refractivity contribution in [3.05, 3.63) is 51.7 Å². The number of fused-ring (bicyclic) bond motifs is 1. The van der Waals surface area contributed by atoms with Gasteiger partial charge in [-0.25, -0.2) is 9.97 Å². The Bertz CT molecular complexity index is 836. The monoisotopic (exact) mass is 362 g/mol. The number of hydrogen-bond donors (Lipinski definition) is 0. The molecule has 0 radical (unpaired) electrons. The SMILES string of the molecule is COc1cc2c(-c3cccc(Br)c3)nc(Cl)nc2cc1C. The van der Waals surface area contributed by atoms with E-state index in [4.69, 9.17) is 16.3 Å². The summed E-state index contributed by atoms with van der Waals surface area (Å²) in [5.74, 6) is 0.810. The molecule has 0 spiro atoms. The Morgan fingerprint density at radius 2 is 1.95 bits per heavy atom. The van der Waals surface area contributed by atoms with E-state index in [1.807, 2.05) is 43.3 Å². The van der Waals surface area contributed by atoms with Gasteiger partial charge in [-0.2, -0.15) is 0 Å². The summed E-state index contributed by atoms with van der Waals surface area (Å²) in [6.45, 7) is 1.98. The molecule has 0 saturated heterocycles. The predicted octanol–water partition coefficient (Wildman–Crippen LogP) is 5.03. The Morgan fingerprint density at radius 3 is 2.67 bits per heavy atom. The number of rotatable bonds is 2. The molecular weight excluding hydrogens is 352 g/mol. The number of hydrogen-bond acceptors (Lipinski definition) is 3. The van der Waals surface area contributed by atoms with E-state index in [1.54, 1.807) is 7.11 Å². The van der Waals surface area contributed by atoms with Gasteiger partial charge >= 0.3 is 0 Å². The first-order valence-electron chi connectivity index (χ1n) is 6.36. The quantitative estimate of drug-likeness (QED) is 0.599. The van der Waals surface area contributed by atoms with E-state index in [-0.39, 0.29) is 5.28 Å². The first-order chi connectivity index (χ1) is 10.1. The van der Waals surface area contributed by atoms with Crippen molar-refractivity contribution in [1.82, 2.24) is 9.97 Å². The average molecular weight is 364 g/mol. The van der Waals surface area contributed by atoms with Crippen molar-refractivity contribution in [3.63, 3.8) is 0 Å². The van der Waals surface area contributed by atoms with E-state index in [2.05, 4.69) is 25.9 Å². The van der Waals surface area contributed by atoms with Gasteiger partial charge in [0.25, 0.3) is 0 Å². The minimum Gasteiger partial charge on any atom is -0.496 e. The van der Waals surface area contributed by atoms with Crippen LogP contribution in [-0.4, -0.2) is 17.1 Å². The van der Waals surface area contributed by atoms with Crippen molar-refractivity contribution in [2.24, 2.45) is 0 Å². The molecule has 3 rings (SSSR count). The third-order valence-corrected chi connectivity index (χ3v) is 3.95. The van der Waals surface area contributed by atoms with Crippen LogP contribution >= 0.6 is 27.5 Å². The summed E-state index contributed by atoms with van der Waals surface area (Å²) >= 11 is 9.56. The maximum Gasteiger partial charge on any atom is 0.223 e. The fourth-order valence-corrected chi connectivity index (χ4v) is 2.88. The summed E-state index contributed by atoms with van der Waals surface area (Å²) < 4.78 is 6.39. The van der Waals surface area contributed by atoms with Crippen molar-refractivity contribution in [2.45, 2.75) is 6.92 Å². The number of aromatic nitrogens is 2.